The number of methoxy groups -OCH3 is 1. The quantitative estimate of drug-likeness (QED) is 0.594. The Morgan fingerprint density at radius 2 is 2.42 bits per heavy atom. The highest BCUT2D eigenvalue weighted by molar-refractivity contribution is 7.10. The highest BCUT2D eigenvalue weighted by atomic mass is 32.1. The van der Waals surface area contributed by atoms with Gasteiger partial charge in [-0.2, -0.15) is 5.10 Å². The van der Waals surface area contributed by atoms with Crippen LogP contribution < -0.4 is 16.0 Å². The average Bonchev–Trinajstić information content (AvgIpc) is 3.05. The zero-order valence-electron chi connectivity index (χ0n) is 11.2. The van der Waals surface area contributed by atoms with Crippen LogP contribution in [0.4, 0.5) is 0 Å². The third-order valence-corrected chi connectivity index (χ3v) is 3.92. The number of aromatic nitrogens is 3. The van der Waals surface area contributed by atoms with E-state index in [9.17, 15) is 0 Å². The number of thiophene rings is 1. The summed E-state index contributed by atoms with van der Waals surface area (Å²) < 4.78 is 7.26. The lowest BCUT2D eigenvalue weighted by atomic mass is 10.1. The Morgan fingerprint density at radius 1 is 1.58 bits per heavy atom. The fourth-order valence-corrected chi connectivity index (χ4v) is 2.91. The SMILES string of the molecule is CCCn1ncnc1CC(NN)c1sccc1OC. The molecule has 0 saturated heterocycles. The number of aryl methyl sites for hydroxylation is 1. The van der Waals surface area contributed by atoms with E-state index in [1.807, 2.05) is 16.1 Å². The van der Waals surface area contributed by atoms with E-state index in [1.165, 1.54) is 0 Å². The lowest BCUT2D eigenvalue weighted by molar-refractivity contribution is 0.401. The molecule has 0 aliphatic carbocycles. The molecule has 2 aromatic rings. The fraction of sp³-hybridized carbons (Fsp3) is 0.500. The van der Waals surface area contributed by atoms with Crippen molar-refractivity contribution in [3.05, 3.63) is 28.5 Å². The third-order valence-electron chi connectivity index (χ3n) is 2.91. The smallest absolute Gasteiger partial charge is 0.138 e. The summed E-state index contributed by atoms with van der Waals surface area (Å²) in [6.07, 6.45) is 3.30. The number of rotatable bonds is 7. The van der Waals surface area contributed by atoms with Crippen molar-refractivity contribution in [1.82, 2.24) is 20.2 Å². The summed E-state index contributed by atoms with van der Waals surface area (Å²) in [4.78, 5) is 5.39. The van der Waals surface area contributed by atoms with E-state index < -0.39 is 0 Å². The lowest BCUT2D eigenvalue weighted by Gasteiger charge is -2.16. The molecule has 1 atom stereocenters. The van der Waals surface area contributed by atoms with Crippen LogP contribution in [0, 0.1) is 0 Å². The van der Waals surface area contributed by atoms with Crippen molar-refractivity contribution in [3.63, 3.8) is 0 Å². The van der Waals surface area contributed by atoms with E-state index in [-0.39, 0.29) is 6.04 Å². The Bertz CT molecular complexity index is 510. The number of ether oxygens (including phenoxy) is 1. The van der Waals surface area contributed by atoms with Gasteiger partial charge in [0.2, 0.25) is 0 Å². The highest BCUT2D eigenvalue weighted by Gasteiger charge is 2.19. The second kappa shape index (κ2) is 6.65. The number of nitrogens with two attached hydrogens (primary N) is 1. The molecule has 0 aliphatic rings. The van der Waals surface area contributed by atoms with Gasteiger partial charge in [-0.3, -0.25) is 16.0 Å². The Labute approximate surface area is 116 Å². The molecule has 6 nitrogen and oxygen atoms in total. The van der Waals surface area contributed by atoms with Crippen molar-refractivity contribution in [2.75, 3.05) is 7.11 Å². The minimum absolute atomic E-state index is 0.0187. The number of hydrogen-bond donors (Lipinski definition) is 2. The summed E-state index contributed by atoms with van der Waals surface area (Å²) >= 11 is 1.62. The predicted molar refractivity (Wildman–Crippen MR) is 75.0 cm³/mol. The van der Waals surface area contributed by atoms with Gasteiger partial charge in [-0.25, -0.2) is 4.98 Å². The van der Waals surface area contributed by atoms with Crippen molar-refractivity contribution >= 4 is 11.3 Å². The summed E-state index contributed by atoms with van der Waals surface area (Å²) in [5.74, 6) is 7.46. The minimum Gasteiger partial charge on any atom is -0.496 e. The first-order chi connectivity index (χ1) is 9.30. The average molecular weight is 281 g/mol. The molecule has 0 amide bonds. The zero-order valence-corrected chi connectivity index (χ0v) is 12.0. The summed E-state index contributed by atoms with van der Waals surface area (Å²) in [6, 6.07) is 1.93. The Kier molecular flexibility index (Phi) is 4.89. The van der Waals surface area contributed by atoms with Crippen molar-refractivity contribution in [2.45, 2.75) is 32.4 Å². The number of hydrogen-bond acceptors (Lipinski definition) is 6. The first-order valence-corrected chi connectivity index (χ1v) is 7.12. The molecule has 1 unspecified atom stereocenters. The first-order valence-electron chi connectivity index (χ1n) is 6.24. The summed E-state index contributed by atoms with van der Waals surface area (Å²) in [5, 5.41) is 6.22. The van der Waals surface area contributed by atoms with Gasteiger partial charge in [0.15, 0.2) is 0 Å². The third kappa shape index (κ3) is 3.12. The Morgan fingerprint density at radius 3 is 3.11 bits per heavy atom. The summed E-state index contributed by atoms with van der Waals surface area (Å²) in [6.45, 7) is 2.99. The van der Waals surface area contributed by atoms with Crippen LogP contribution >= 0.6 is 11.3 Å². The predicted octanol–water partition coefficient (Wildman–Crippen LogP) is 1.51. The molecule has 0 fully saturated rings. The van der Waals surface area contributed by atoms with Crippen LogP contribution in [0.15, 0.2) is 17.8 Å². The maximum Gasteiger partial charge on any atom is 0.138 e. The topological polar surface area (TPSA) is 78.0 Å². The van der Waals surface area contributed by atoms with Crippen molar-refractivity contribution < 1.29 is 4.74 Å². The molecule has 2 heterocycles. The second-order valence-electron chi connectivity index (χ2n) is 4.18. The van der Waals surface area contributed by atoms with E-state index in [0.29, 0.717) is 6.42 Å². The number of hydrazine groups is 1. The molecule has 19 heavy (non-hydrogen) atoms. The number of nitrogens with one attached hydrogen (secondary N) is 1. The van der Waals surface area contributed by atoms with Crippen molar-refractivity contribution in [3.8, 4) is 5.75 Å². The van der Waals surface area contributed by atoms with E-state index in [2.05, 4.69) is 22.4 Å². The number of nitrogens with zero attached hydrogens (tertiary/aromatic N) is 3. The van der Waals surface area contributed by atoms with Gasteiger partial charge in [-0.15, -0.1) is 11.3 Å². The molecule has 0 aromatic carbocycles. The summed E-state index contributed by atoms with van der Waals surface area (Å²) in [5.41, 5.74) is 2.84. The lowest BCUT2D eigenvalue weighted by Crippen LogP contribution is -2.30. The highest BCUT2D eigenvalue weighted by Crippen LogP contribution is 2.32. The van der Waals surface area contributed by atoms with Crippen molar-refractivity contribution in [1.29, 1.82) is 0 Å². The largest absolute Gasteiger partial charge is 0.496 e. The maximum absolute atomic E-state index is 5.67. The molecule has 2 rings (SSSR count). The molecular formula is C12H19N5OS. The van der Waals surface area contributed by atoms with E-state index in [4.69, 9.17) is 10.6 Å². The molecule has 0 bridgehead atoms. The molecule has 0 saturated carbocycles. The molecule has 3 N–H and O–H groups in total. The van der Waals surface area contributed by atoms with E-state index in [0.717, 1.165) is 29.4 Å². The van der Waals surface area contributed by atoms with Gasteiger partial charge in [0.05, 0.1) is 18.0 Å². The van der Waals surface area contributed by atoms with E-state index >= 15 is 0 Å². The van der Waals surface area contributed by atoms with Gasteiger partial charge >= 0.3 is 0 Å². The van der Waals surface area contributed by atoms with Crippen LogP contribution in [0.5, 0.6) is 5.75 Å². The first kappa shape index (κ1) is 14.0. The van der Waals surface area contributed by atoms with Crippen LogP contribution in [0.2, 0.25) is 0 Å². The van der Waals surface area contributed by atoms with Crippen LogP contribution in [0.25, 0.3) is 0 Å². The van der Waals surface area contributed by atoms with E-state index in [1.54, 1.807) is 24.8 Å². The normalized spacial score (nSPS) is 12.6. The summed E-state index contributed by atoms with van der Waals surface area (Å²) in [7, 11) is 1.67. The molecule has 0 radical (unpaired) electrons. The monoisotopic (exact) mass is 281 g/mol. The van der Waals surface area contributed by atoms with Gasteiger partial charge in [0, 0.05) is 13.0 Å². The van der Waals surface area contributed by atoms with Crippen LogP contribution in [0.1, 0.15) is 30.1 Å². The molecule has 0 spiro atoms. The Balaban J connectivity index is 2.17. The molecule has 0 aliphatic heterocycles. The molecule has 7 heteroatoms. The van der Waals surface area contributed by atoms with Gasteiger partial charge in [0.25, 0.3) is 0 Å². The molecule has 104 valence electrons. The van der Waals surface area contributed by atoms with Gasteiger partial charge in [-0.1, -0.05) is 6.92 Å². The fourth-order valence-electron chi connectivity index (χ4n) is 1.99. The van der Waals surface area contributed by atoms with Crippen molar-refractivity contribution in [2.24, 2.45) is 5.84 Å². The molecule has 2 aromatic heterocycles. The van der Waals surface area contributed by atoms with Gasteiger partial charge < -0.3 is 4.74 Å². The van der Waals surface area contributed by atoms with Gasteiger partial charge in [-0.05, 0) is 17.9 Å². The maximum atomic E-state index is 5.67. The second-order valence-corrected chi connectivity index (χ2v) is 5.12. The van der Waals surface area contributed by atoms with Crippen LogP contribution in [0.3, 0.4) is 0 Å². The minimum atomic E-state index is -0.0187. The van der Waals surface area contributed by atoms with Crippen LogP contribution in [-0.4, -0.2) is 21.9 Å². The standard InChI is InChI=1S/C12H19N5OS/c1-3-5-17-11(14-8-15-17)7-9(16-13)12-10(18-2)4-6-19-12/h4,6,8-9,16H,3,5,7,13H2,1-2H3. The van der Waals surface area contributed by atoms with Crippen LogP contribution in [-0.2, 0) is 13.0 Å². The Hall–Kier alpha value is -1.44. The van der Waals surface area contributed by atoms with Gasteiger partial charge in [0.1, 0.15) is 17.9 Å². The molecular weight excluding hydrogens is 262 g/mol. The zero-order chi connectivity index (χ0) is 13.7.